The zero-order valence-corrected chi connectivity index (χ0v) is 35.5. The van der Waals surface area contributed by atoms with Gasteiger partial charge in [0, 0.05) is 40.2 Å². The van der Waals surface area contributed by atoms with Crippen molar-refractivity contribution in [2.45, 2.75) is 117 Å². The molecular weight excluding hydrogens is 739 g/mol. The number of benzene rings is 2. The van der Waals surface area contributed by atoms with E-state index in [1.54, 1.807) is 19.4 Å². The number of carbonyl (C=O) groups excluding carboxylic acids is 2. The molecule has 7 rings (SSSR count). The number of hydrogen-bond acceptors (Lipinski definition) is 8. The fraction of sp³-hybridized carbons (Fsp3) is 0.533. The van der Waals surface area contributed by atoms with Gasteiger partial charge in [-0.25, -0.2) is 13.1 Å². The minimum atomic E-state index is -3.83. The minimum Gasteiger partial charge on any atom is -0.497 e. The standard InChI is InChI=1S/C45H59N5O6S/c1-8-34-25-56-26-35(9-2)48(34)24-41(51)39-22-46-50(29(5)6)43(39)33-19-32-20-36(55-7)16-18-37(32)44-42(30-13-11-10-12-14-30)38-17-15-31(21-40(38)49(44)23-33)45(52)47-57(53,54)27-28(3)4/h15-22,28-30,34-35H,8-14,23-27H2,1-7H3,(H,47,52). The zero-order valence-electron chi connectivity index (χ0n) is 34.6. The first-order chi connectivity index (χ1) is 27.3. The zero-order chi connectivity index (χ0) is 40.6. The molecule has 1 amide bonds. The van der Waals surface area contributed by atoms with Gasteiger partial charge in [0.2, 0.25) is 10.0 Å². The summed E-state index contributed by atoms with van der Waals surface area (Å²) in [7, 11) is -2.16. The summed E-state index contributed by atoms with van der Waals surface area (Å²) in [6.07, 6.45) is 11.3. The van der Waals surface area contributed by atoms with Gasteiger partial charge in [0.1, 0.15) is 5.75 Å². The van der Waals surface area contributed by atoms with E-state index >= 15 is 0 Å². The number of aromatic nitrogens is 3. The number of hydrogen-bond donors (Lipinski definition) is 1. The molecule has 2 aromatic heterocycles. The van der Waals surface area contributed by atoms with Gasteiger partial charge in [-0.3, -0.25) is 19.2 Å². The van der Waals surface area contributed by atoms with Crippen LogP contribution in [0.2, 0.25) is 0 Å². The first kappa shape index (κ1) is 40.9. The van der Waals surface area contributed by atoms with Crippen molar-refractivity contribution >= 4 is 44.3 Å². The van der Waals surface area contributed by atoms with Gasteiger partial charge >= 0.3 is 0 Å². The summed E-state index contributed by atoms with van der Waals surface area (Å²) in [4.78, 5) is 30.6. The van der Waals surface area contributed by atoms with E-state index in [9.17, 15) is 18.0 Å². The molecule has 306 valence electrons. The number of rotatable bonds is 13. The van der Waals surface area contributed by atoms with Crippen LogP contribution in [-0.2, 0) is 21.3 Å². The Morgan fingerprint density at radius 1 is 0.965 bits per heavy atom. The quantitative estimate of drug-likeness (QED) is 0.134. The van der Waals surface area contributed by atoms with E-state index in [0.29, 0.717) is 31.2 Å². The molecule has 57 heavy (non-hydrogen) atoms. The number of ether oxygens (including phenoxy) is 2. The van der Waals surface area contributed by atoms with Gasteiger partial charge in [0.25, 0.3) is 5.91 Å². The molecule has 1 aliphatic carbocycles. The number of allylic oxidation sites excluding steroid dienone is 1. The molecule has 1 saturated carbocycles. The second-order valence-electron chi connectivity index (χ2n) is 16.8. The largest absolute Gasteiger partial charge is 0.497 e. The van der Waals surface area contributed by atoms with Crippen LogP contribution < -0.4 is 9.46 Å². The SMILES string of the molecule is CCC1COCC(CC)N1CC(=O)c1cnn(C(C)C)c1C1=Cc2cc(OC)ccc2-c2c(C3CCCCC3)c3ccc(C(=O)NS(=O)(=O)CC(C)C)cc3n2C1. The molecule has 1 saturated heterocycles. The van der Waals surface area contributed by atoms with Gasteiger partial charge in [-0.05, 0) is 104 Å². The van der Waals surface area contributed by atoms with Crippen molar-refractivity contribution in [2.24, 2.45) is 5.92 Å². The Balaban J connectivity index is 1.42. The topological polar surface area (TPSA) is 125 Å². The first-order valence-electron chi connectivity index (χ1n) is 20.9. The lowest BCUT2D eigenvalue weighted by Crippen LogP contribution is -2.53. The third kappa shape index (κ3) is 8.23. The summed E-state index contributed by atoms with van der Waals surface area (Å²) in [5.41, 5.74) is 7.76. The third-order valence-corrected chi connectivity index (χ3v) is 13.7. The van der Waals surface area contributed by atoms with Gasteiger partial charge in [0.05, 0.1) is 62.3 Å². The van der Waals surface area contributed by atoms with E-state index in [-0.39, 0.29) is 47.7 Å². The summed E-state index contributed by atoms with van der Waals surface area (Å²) in [5.74, 6) is 0.139. The molecule has 2 aromatic carbocycles. The monoisotopic (exact) mass is 797 g/mol. The molecule has 0 bridgehead atoms. The van der Waals surface area contributed by atoms with Crippen molar-refractivity contribution in [1.29, 1.82) is 0 Å². The van der Waals surface area contributed by atoms with E-state index in [0.717, 1.165) is 83.3 Å². The smallest absolute Gasteiger partial charge is 0.264 e. The minimum absolute atomic E-state index is 0.0220. The van der Waals surface area contributed by atoms with E-state index in [1.807, 2.05) is 36.7 Å². The fourth-order valence-corrected chi connectivity index (χ4v) is 10.7. The number of amides is 1. The second-order valence-corrected chi connectivity index (χ2v) is 18.6. The van der Waals surface area contributed by atoms with Gasteiger partial charge in [-0.1, -0.05) is 53.0 Å². The van der Waals surface area contributed by atoms with E-state index in [2.05, 4.69) is 60.1 Å². The van der Waals surface area contributed by atoms with E-state index in [1.165, 1.54) is 12.0 Å². The molecule has 2 aliphatic heterocycles. The number of carbonyl (C=O) groups is 2. The van der Waals surface area contributed by atoms with Crippen molar-refractivity contribution in [3.63, 3.8) is 0 Å². The van der Waals surface area contributed by atoms with Crippen molar-refractivity contribution in [3.8, 4) is 17.0 Å². The third-order valence-electron chi connectivity index (χ3n) is 12.1. The molecule has 1 N–H and O–H groups in total. The number of fused-ring (bicyclic) bond motifs is 5. The van der Waals surface area contributed by atoms with Crippen molar-refractivity contribution in [2.75, 3.05) is 32.6 Å². The van der Waals surface area contributed by atoms with Crippen LogP contribution >= 0.6 is 0 Å². The highest BCUT2D eigenvalue weighted by atomic mass is 32.2. The van der Waals surface area contributed by atoms with Crippen LogP contribution in [-0.4, -0.2) is 84.1 Å². The molecule has 11 nitrogen and oxygen atoms in total. The lowest BCUT2D eigenvalue weighted by Gasteiger charge is -2.41. The van der Waals surface area contributed by atoms with Crippen LogP contribution in [0.25, 0.3) is 33.8 Å². The molecule has 4 aromatic rings. The molecule has 3 aliphatic rings. The number of ketones is 1. The second kappa shape index (κ2) is 16.9. The molecular formula is C45H59N5O6S. The number of methoxy groups -OCH3 is 1. The average molecular weight is 798 g/mol. The summed E-state index contributed by atoms with van der Waals surface area (Å²) >= 11 is 0. The number of sulfonamides is 1. The highest BCUT2D eigenvalue weighted by Crippen LogP contribution is 2.48. The predicted molar refractivity (Wildman–Crippen MR) is 226 cm³/mol. The normalized spacial score (nSPS) is 19.4. The molecule has 0 spiro atoms. The molecule has 4 heterocycles. The Morgan fingerprint density at radius 3 is 2.33 bits per heavy atom. The van der Waals surface area contributed by atoms with Crippen LogP contribution in [0.15, 0.2) is 42.6 Å². The molecule has 2 atom stereocenters. The van der Waals surface area contributed by atoms with Crippen molar-refractivity contribution < 1.29 is 27.5 Å². The Bertz CT molecular complexity index is 2270. The number of nitrogens with one attached hydrogen (secondary N) is 1. The lowest BCUT2D eigenvalue weighted by molar-refractivity contribution is -0.0472. The summed E-state index contributed by atoms with van der Waals surface area (Å²) in [5, 5.41) is 5.91. The maximum Gasteiger partial charge on any atom is 0.264 e. The van der Waals surface area contributed by atoms with Crippen LogP contribution in [0.3, 0.4) is 0 Å². The summed E-state index contributed by atoms with van der Waals surface area (Å²) in [6.45, 7) is 14.0. The average Bonchev–Trinajstić information content (AvgIpc) is 3.72. The van der Waals surface area contributed by atoms with Gasteiger partial charge < -0.3 is 14.0 Å². The first-order valence-corrected chi connectivity index (χ1v) is 22.5. The van der Waals surface area contributed by atoms with Crippen molar-refractivity contribution in [1.82, 2.24) is 24.0 Å². The van der Waals surface area contributed by atoms with E-state index < -0.39 is 15.9 Å². The molecule has 12 heteroatoms. The molecule has 2 unspecified atom stereocenters. The lowest BCUT2D eigenvalue weighted by atomic mass is 9.81. The number of morpholine rings is 1. The molecule has 0 radical (unpaired) electrons. The number of Topliss-reactive ketones (excluding diaryl/α,β-unsaturated/α-hetero) is 1. The van der Waals surface area contributed by atoms with Crippen molar-refractivity contribution in [3.05, 3.63) is 70.5 Å². The fourth-order valence-electron chi connectivity index (χ4n) is 9.33. The van der Waals surface area contributed by atoms with Gasteiger partial charge in [-0.2, -0.15) is 5.10 Å². The highest BCUT2D eigenvalue weighted by molar-refractivity contribution is 7.90. The molecule has 2 fully saturated rings. The Morgan fingerprint density at radius 2 is 1.68 bits per heavy atom. The van der Waals surface area contributed by atoms with Crippen LogP contribution in [0, 0.1) is 5.92 Å². The summed E-state index contributed by atoms with van der Waals surface area (Å²) < 4.78 is 44.1. The van der Waals surface area contributed by atoms with E-state index in [4.69, 9.17) is 14.6 Å². The number of nitrogens with zero attached hydrogens (tertiary/aromatic N) is 4. The Labute approximate surface area is 337 Å². The van der Waals surface area contributed by atoms with Gasteiger partial charge in [-0.15, -0.1) is 0 Å². The highest BCUT2D eigenvalue weighted by Gasteiger charge is 2.35. The Kier molecular flexibility index (Phi) is 12.1. The maximum absolute atomic E-state index is 14.7. The van der Waals surface area contributed by atoms with Gasteiger partial charge in [0.15, 0.2) is 5.78 Å². The van der Waals surface area contributed by atoms with Crippen LogP contribution in [0.1, 0.15) is 136 Å². The van der Waals surface area contributed by atoms with Crippen LogP contribution in [0.5, 0.6) is 5.75 Å². The Hall–Kier alpha value is -4.26. The maximum atomic E-state index is 14.7. The predicted octanol–water partition coefficient (Wildman–Crippen LogP) is 8.48. The summed E-state index contributed by atoms with van der Waals surface area (Å²) in [6, 6.07) is 12.1. The van der Waals surface area contributed by atoms with Crippen LogP contribution in [0.4, 0.5) is 0 Å².